The molecule has 0 amide bonds. The summed E-state index contributed by atoms with van der Waals surface area (Å²) >= 11 is 0. The molecule has 1 aromatic heterocycles. The fraction of sp³-hybridized carbons (Fsp3) is 0.273. The first-order chi connectivity index (χ1) is 6.09. The summed E-state index contributed by atoms with van der Waals surface area (Å²) in [7, 11) is 0. The van der Waals surface area contributed by atoms with Crippen molar-refractivity contribution in [3.63, 3.8) is 0 Å². The lowest BCUT2D eigenvalue weighted by atomic mass is 10.1. The summed E-state index contributed by atoms with van der Waals surface area (Å²) in [5.41, 5.74) is 4.27. The third kappa shape index (κ3) is 1.13. The fourth-order valence-electron chi connectivity index (χ4n) is 1.69. The quantitative estimate of drug-likeness (QED) is 0.635. The van der Waals surface area contributed by atoms with Crippen LogP contribution in [0, 0.1) is 26.6 Å². The molecule has 2 aromatic rings. The van der Waals surface area contributed by atoms with Gasteiger partial charge in [-0.2, -0.15) is 0 Å². The van der Waals surface area contributed by atoms with Gasteiger partial charge in [-0.1, -0.05) is 0 Å². The average Bonchev–Trinajstić information content (AvgIpc) is 2.32. The van der Waals surface area contributed by atoms with Gasteiger partial charge in [-0.3, -0.25) is 0 Å². The van der Waals surface area contributed by atoms with Crippen molar-refractivity contribution in [3.8, 4) is 0 Å². The molecule has 1 nitrogen and oxygen atoms in total. The van der Waals surface area contributed by atoms with E-state index in [2.05, 4.69) is 4.98 Å². The molecule has 0 aliphatic carbocycles. The smallest absolute Gasteiger partial charge is 0.124 e. The van der Waals surface area contributed by atoms with Crippen molar-refractivity contribution in [3.05, 3.63) is 34.8 Å². The largest absolute Gasteiger partial charge is 0.358 e. The molecular weight excluding hydrogens is 165 g/mol. The predicted octanol–water partition coefficient (Wildman–Crippen LogP) is 3.23. The second-order valence-corrected chi connectivity index (χ2v) is 3.52. The monoisotopic (exact) mass is 177 g/mol. The van der Waals surface area contributed by atoms with Gasteiger partial charge in [0.2, 0.25) is 0 Å². The van der Waals surface area contributed by atoms with Crippen LogP contribution in [0.1, 0.15) is 16.8 Å². The predicted molar refractivity (Wildman–Crippen MR) is 52.5 cm³/mol. The van der Waals surface area contributed by atoms with Gasteiger partial charge in [0.05, 0.1) is 0 Å². The maximum Gasteiger partial charge on any atom is 0.124 e. The number of rotatable bonds is 0. The Kier molecular flexibility index (Phi) is 1.65. The van der Waals surface area contributed by atoms with Crippen molar-refractivity contribution in [2.75, 3.05) is 0 Å². The Labute approximate surface area is 76.6 Å². The van der Waals surface area contributed by atoms with Crippen LogP contribution in [0.4, 0.5) is 4.39 Å². The maximum atomic E-state index is 13.1. The number of aromatic amines is 1. The Balaban J connectivity index is 2.94. The van der Waals surface area contributed by atoms with E-state index in [9.17, 15) is 4.39 Å². The lowest BCUT2D eigenvalue weighted by molar-refractivity contribution is 0.628. The normalized spacial score (nSPS) is 11.1. The van der Waals surface area contributed by atoms with E-state index in [1.807, 2.05) is 20.8 Å². The number of aryl methyl sites for hydroxylation is 3. The molecule has 0 atom stereocenters. The van der Waals surface area contributed by atoms with Gasteiger partial charge in [-0.25, -0.2) is 4.39 Å². The summed E-state index contributed by atoms with van der Waals surface area (Å²) in [6.07, 6.45) is 0. The van der Waals surface area contributed by atoms with Crippen molar-refractivity contribution in [2.45, 2.75) is 20.8 Å². The molecule has 0 saturated heterocycles. The van der Waals surface area contributed by atoms with Gasteiger partial charge in [0.1, 0.15) is 5.82 Å². The van der Waals surface area contributed by atoms with Crippen LogP contribution in [0.2, 0.25) is 0 Å². The lowest BCUT2D eigenvalue weighted by Crippen LogP contribution is -1.80. The van der Waals surface area contributed by atoms with E-state index >= 15 is 0 Å². The standard InChI is InChI=1S/C11H12FN/c1-6-4-9(12)5-10-7(2)8(3)13-11(6)10/h4-5,13H,1-3H3. The van der Waals surface area contributed by atoms with Crippen LogP contribution in [0.15, 0.2) is 12.1 Å². The van der Waals surface area contributed by atoms with Gasteiger partial charge in [-0.05, 0) is 44.0 Å². The SMILES string of the molecule is Cc1[nH]c2c(C)cc(F)cc2c1C. The van der Waals surface area contributed by atoms with Crippen LogP contribution in [0.25, 0.3) is 10.9 Å². The van der Waals surface area contributed by atoms with Crippen molar-refractivity contribution in [1.82, 2.24) is 4.98 Å². The number of benzene rings is 1. The number of hydrogen-bond donors (Lipinski definition) is 1. The van der Waals surface area contributed by atoms with Crippen LogP contribution in [0.3, 0.4) is 0 Å². The van der Waals surface area contributed by atoms with Gasteiger partial charge in [-0.15, -0.1) is 0 Å². The van der Waals surface area contributed by atoms with Crippen molar-refractivity contribution >= 4 is 10.9 Å². The van der Waals surface area contributed by atoms with E-state index in [0.29, 0.717) is 0 Å². The topological polar surface area (TPSA) is 15.8 Å². The highest BCUT2D eigenvalue weighted by Crippen LogP contribution is 2.24. The molecule has 0 saturated carbocycles. The van der Waals surface area contributed by atoms with Crippen LogP contribution < -0.4 is 0 Å². The minimum Gasteiger partial charge on any atom is -0.358 e. The summed E-state index contributed by atoms with van der Waals surface area (Å²) in [5.74, 6) is -0.160. The molecule has 1 aromatic carbocycles. The average molecular weight is 177 g/mol. The molecular formula is C11H12FN. The van der Waals surface area contributed by atoms with Crippen molar-refractivity contribution < 1.29 is 4.39 Å². The summed E-state index contributed by atoms with van der Waals surface area (Å²) in [6.45, 7) is 5.93. The first-order valence-electron chi connectivity index (χ1n) is 4.34. The molecule has 0 aliphatic heterocycles. The van der Waals surface area contributed by atoms with E-state index in [4.69, 9.17) is 0 Å². The molecule has 0 radical (unpaired) electrons. The number of fused-ring (bicyclic) bond motifs is 1. The van der Waals surface area contributed by atoms with Crippen LogP contribution in [0.5, 0.6) is 0 Å². The molecule has 0 aliphatic rings. The Morgan fingerprint density at radius 2 is 1.85 bits per heavy atom. The number of nitrogens with one attached hydrogen (secondary N) is 1. The minimum absolute atomic E-state index is 0.160. The maximum absolute atomic E-state index is 13.1. The Morgan fingerprint density at radius 1 is 1.15 bits per heavy atom. The van der Waals surface area contributed by atoms with E-state index in [0.717, 1.165) is 27.7 Å². The highest BCUT2D eigenvalue weighted by molar-refractivity contribution is 5.86. The molecule has 1 heterocycles. The number of H-pyrrole nitrogens is 1. The molecule has 68 valence electrons. The number of aromatic nitrogens is 1. The second-order valence-electron chi connectivity index (χ2n) is 3.52. The zero-order valence-electron chi connectivity index (χ0n) is 8.03. The summed E-state index contributed by atoms with van der Waals surface area (Å²) < 4.78 is 13.1. The van der Waals surface area contributed by atoms with Gasteiger partial charge in [0.25, 0.3) is 0 Å². The Hall–Kier alpha value is -1.31. The van der Waals surface area contributed by atoms with E-state index in [-0.39, 0.29) is 5.82 Å². The summed E-state index contributed by atoms with van der Waals surface area (Å²) in [5, 5.41) is 0.995. The third-order valence-electron chi connectivity index (χ3n) is 2.58. The van der Waals surface area contributed by atoms with Gasteiger partial charge in [0, 0.05) is 16.6 Å². The highest BCUT2D eigenvalue weighted by Gasteiger charge is 2.07. The van der Waals surface area contributed by atoms with Crippen molar-refractivity contribution in [2.24, 2.45) is 0 Å². The van der Waals surface area contributed by atoms with Gasteiger partial charge >= 0.3 is 0 Å². The van der Waals surface area contributed by atoms with E-state index in [1.165, 1.54) is 0 Å². The van der Waals surface area contributed by atoms with E-state index in [1.54, 1.807) is 12.1 Å². The zero-order chi connectivity index (χ0) is 9.59. The van der Waals surface area contributed by atoms with Gasteiger partial charge in [0.15, 0.2) is 0 Å². The molecule has 1 N–H and O–H groups in total. The Bertz CT molecular complexity index is 468. The molecule has 2 rings (SSSR count). The highest BCUT2D eigenvalue weighted by atomic mass is 19.1. The van der Waals surface area contributed by atoms with Crippen molar-refractivity contribution in [1.29, 1.82) is 0 Å². The van der Waals surface area contributed by atoms with Gasteiger partial charge < -0.3 is 4.98 Å². The summed E-state index contributed by atoms with van der Waals surface area (Å²) in [6, 6.07) is 3.14. The Morgan fingerprint density at radius 3 is 2.54 bits per heavy atom. The molecule has 0 spiro atoms. The molecule has 0 bridgehead atoms. The fourth-order valence-corrected chi connectivity index (χ4v) is 1.69. The van der Waals surface area contributed by atoms with Crippen LogP contribution >= 0.6 is 0 Å². The molecule has 0 fully saturated rings. The molecule has 2 heteroatoms. The number of halogens is 1. The second kappa shape index (κ2) is 2.59. The van der Waals surface area contributed by atoms with Crippen LogP contribution in [-0.2, 0) is 0 Å². The first kappa shape index (κ1) is 8.30. The first-order valence-corrected chi connectivity index (χ1v) is 4.34. The molecule has 0 unspecified atom stereocenters. The minimum atomic E-state index is -0.160. The lowest BCUT2D eigenvalue weighted by Gasteiger charge is -1.96. The van der Waals surface area contributed by atoms with E-state index < -0.39 is 0 Å². The van der Waals surface area contributed by atoms with Crippen LogP contribution in [-0.4, -0.2) is 4.98 Å². The third-order valence-corrected chi connectivity index (χ3v) is 2.58. The summed E-state index contributed by atoms with van der Waals surface area (Å²) in [4.78, 5) is 3.26. The molecule has 13 heavy (non-hydrogen) atoms. The number of hydrogen-bond acceptors (Lipinski definition) is 0. The zero-order valence-corrected chi connectivity index (χ0v) is 8.03.